The van der Waals surface area contributed by atoms with Crippen molar-refractivity contribution in [2.24, 2.45) is 0 Å². The van der Waals surface area contributed by atoms with Gasteiger partial charge in [0, 0.05) is 12.1 Å². The van der Waals surface area contributed by atoms with Gasteiger partial charge in [0.2, 0.25) is 0 Å². The van der Waals surface area contributed by atoms with Crippen LogP contribution >= 0.6 is 0 Å². The molecule has 1 aromatic carbocycles. The Morgan fingerprint density at radius 3 is 2.90 bits per heavy atom. The lowest BCUT2D eigenvalue weighted by Gasteiger charge is -2.13. The number of carbonyl (C=O) groups excluding carboxylic acids is 1. The van der Waals surface area contributed by atoms with E-state index in [1.54, 1.807) is 19.2 Å². The predicted octanol–water partition coefficient (Wildman–Crippen LogP) is 1.21. The molecule has 114 valence electrons. The third kappa shape index (κ3) is 6.15. The Labute approximate surface area is 125 Å². The van der Waals surface area contributed by atoms with Crippen LogP contribution in [0.4, 0.5) is 0 Å². The molecule has 1 amide bonds. The Hall–Kier alpha value is -2.26. The van der Waals surface area contributed by atoms with Crippen LogP contribution in [0.5, 0.6) is 11.5 Å². The molecular weight excluding hydrogens is 270 g/mol. The zero-order valence-corrected chi connectivity index (χ0v) is 12.4. The fourth-order valence-corrected chi connectivity index (χ4v) is 1.69. The minimum absolute atomic E-state index is 0.0181. The van der Waals surface area contributed by atoms with Gasteiger partial charge in [0.05, 0.1) is 13.2 Å². The average Bonchev–Trinajstić information content (AvgIpc) is 2.51. The lowest BCUT2D eigenvalue weighted by Crippen LogP contribution is -2.29. The molecule has 2 N–H and O–H groups in total. The first kappa shape index (κ1) is 16.8. The molecule has 1 aromatic rings. The van der Waals surface area contributed by atoms with Gasteiger partial charge in [0.25, 0.3) is 5.91 Å². The lowest BCUT2D eigenvalue weighted by atomic mass is 10.2. The Morgan fingerprint density at radius 2 is 2.24 bits per heavy atom. The molecule has 0 aliphatic rings. The molecule has 0 aromatic heterocycles. The quantitative estimate of drug-likeness (QED) is 0.528. The van der Waals surface area contributed by atoms with Crippen molar-refractivity contribution in [1.82, 2.24) is 10.6 Å². The topological polar surface area (TPSA) is 83.4 Å². The second-order valence-corrected chi connectivity index (χ2v) is 4.37. The number of amides is 1. The van der Waals surface area contributed by atoms with Gasteiger partial charge in [-0.2, -0.15) is 5.26 Å². The highest BCUT2D eigenvalue weighted by Gasteiger charge is 2.08. The molecule has 0 spiro atoms. The van der Waals surface area contributed by atoms with Gasteiger partial charge in [-0.05, 0) is 31.2 Å². The number of carbonyl (C=O) groups is 1. The third-order valence-electron chi connectivity index (χ3n) is 2.73. The summed E-state index contributed by atoms with van der Waals surface area (Å²) in [5.74, 6) is 1.05. The third-order valence-corrected chi connectivity index (χ3v) is 2.73. The van der Waals surface area contributed by atoms with Gasteiger partial charge in [0.15, 0.2) is 6.61 Å². The summed E-state index contributed by atoms with van der Waals surface area (Å²) >= 11 is 0. The first-order valence-electron chi connectivity index (χ1n) is 6.85. The largest absolute Gasteiger partial charge is 0.497 e. The monoisotopic (exact) mass is 291 g/mol. The molecule has 0 bridgehead atoms. The van der Waals surface area contributed by atoms with Crippen LogP contribution in [0.15, 0.2) is 18.2 Å². The van der Waals surface area contributed by atoms with E-state index in [-0.39, 0.29) is 19.1 Å². The fourth-order valence-electron chi connectivity index (χ4n) is 1.69. The molecule has 0 radical (unpaired) electrons. The maximum absolute atomic E-state index is 11.4. The van der Waals surface area contributed by atoms with Crippen LogP contribution in [-0.4, -0.2) is 32.7 Å². The zero-order valence-electron chi connectivity index (χ0n) is 12.4. The maximum Gasteiger partial charge on any atom is 0.258 e. The molecule has 21 heavy (non-hydrogen) atoms. The number of rotatable bonds is 9. The summed E-state index contributed by atoms with van der Waals surface area (Å²) in [6, 6.07) is 7.28. The number of hydrogen-bond acceptors (Lipinski definition) is 5. The van der Waals surface area contributed by atoms with Gasteiger partial charge < -0.3 is 20.1 Å². The molecule has 1 rings (SSSR count). The molecule has 0 fully saturated rings. The van der Waals surface area contributed by atoms with Crippen LogP contribution in [0, 0.1) is 11.3 Å². The van der Waals surface area contributed by atoms with Crippen molar-refractivity contribution in [2.45, 2.75) is 19.9 Å². The number of benzene rings is 1. The van der Waals surface area contributed by atoms with Crippen LogP contribution < -0.4 is 20.1 Å². The number of nitrogens with zero attached hydrogens (tertiary/aromatic N) is 1. The van der Waals surface area contributed by atoms with Crippen molar-refractivity contribution < 1.29 is 14.3 Å². The summed E-state index contributed by atoms with van der Waals surface area (Å²) in [4.78, 5) is 11.4. The molecule has 0 unspecified atom stereocenters. The first-order valence-corrected chi connectivity index (χ1v) is 6.85. The van der Waals surface area contributed by atoms with Gasteiger partial charge in [-0.15, -0.1) is 0 Å². The summed E-state index contributed by atoms with van der Waals surface area (Å²) in [6.07, 6.45) is 1.04. The number of nitriles is 1. The molecule has 0 saturated heterocycles. The second kappa shape index (κ2) is 9.61. The van der Waals surface area contributed by atoms with E-state index in [0.29, 0.717) is 12.3 Å². The van der Waals surface area contributed by atoms with Gasteiger partial charge >= 0.3 is 0 Å². The first-order chi connectivity index (χ1) is 10.2. The summed E-state index contributed by atoms with van der Waals surface area (Å²) in [6.45, 7) is 3.50. The van der Waals surface area contributed by atoms with Crippen LogP contribution in [0.3, 0.4) is 0 Å². The second-order valence-electron chi connectivity index (χ2n) is 4.37. The predicted molar refractivity (Wildman–Crippen MR) is 79.1 cm³/mol. The van der Waals surface area contributed by atoms with Crippen molar-refractivity contribution >= 4 is 5.91 Å². The molecule has 6 nitrogen and oxygen atoms in total. The van der Waals surface area contributed by atoms with E-state index < -0.39 is 0 Å². The smallest absolute Gasteiger partial charge is 0.258 e. The molecule has 0 aliphatic carbocycles. The van der Waals surface area contributed by atoms with Crippen LogP contribution in [0.1, 0.15) is 18.9 Å². The van der Waals surface area contributed by atoms with Crippen LogP contribution in [0.25, 0.3) is 0 Å². The van der Waals surface area contributed by atoms with E-state index in [4.69, 9.17) is 14.7 Å². The highest BCUT2D eigenvalue weighted by Crippen LogP contribution is 2.24. The van der Waals surface area contributed by atoms with Gasteiger partial charge in [-0.3, -0.25) is 4.79 Å². The SMILES string of the molecule is CCCNCc1cc(OC)ccc1OCC(=O)NCC#N. The average molecular weight is 291 g/mol. The minimum Gasteiger partial charge on any atom is -0.497 e. The number of hydrogen-bond donors (Lipinski definition) is 2. The van der Waals surface area contributed by atoms with E-state index in [0.717, 1.165) is 24.3 Å². The van der Waals surface area contributed by atoms with Crippen molar-refractivity contribution in [3.05, 3.63) is 23.8 Å². The summed E-state index contributed by atoms with van der Waals surface area (Å²) in [5.41, 5.74) is 0.927. The van der Waals surface area contributed by atoms with E-state index in [9.17, 15) is 4.79 Å². The Kier molecular flexibility index (Phi) is 7.69. The van der Waals surface area contributed by atoms with E-state index in [1.807, 2.05) is 12.1 Å². The van der Waals surface area contributed by atoms with Crippen LogP contribution in [-0.2, 0) is 11.3 Å². The van der Waals surface area contributed by atoms with Gasteiger partial charge in [-0.1, -0.05) is 6.92 Å². The number of methoxy groups -OCH3 is 1. The highest BCUT2D eigenvalue weighted by atomic mass is 16.5. The lowest BCUT2D eigenvalue weighted by molar-refractivity contribution is -0.122. The molecule has 0 saturated carbocycles. The molecule has 0 aliphatic heterocycles. The van der Waals surface area contributed by atoms with E-state index >= 15 is 0 Å². The molecule has 0 atom stereocenters. The summed E-state index contributed by atoms with van der Waals surface area (Å²) in [5, 5.41) is 14.1. The summed E-state index contributed by atoms with van der Waals surface area (Å²) < 4.78 is 10.7. The highest BCUT2D eigenvalue weighted by molar-refractivity contribution is 5.77. The Balaban J connectivity index is 2.66. The normalized spacial score (nSPS) is 9.76. The van der Waals surface area contributed by atoms with Crippen molar-refractivity contribution in [2.75, 3.05) is 26.8 Å². The van der Waals surface area contributed by atoms with Crippen molar-refractivity contribution in [3.8, 4) is 17.6 Å². The Bertz CT molecular complexity index is 497. The number of nitrogens with one attached hydrogen (secondary N) is 2. The fraction of sp³-hybridized carbons (Fsp3) is 0.467. The number of ether oxygens (including phenoxy) is 2. The van der Waals surface area contributed by atoms with Crippen LogP contribution in [0.2, 0.25) is 0 Å². The molecular formula is C15H21N3O3. The standard InChI is InChI=1S/C15H21N3O3/c1-3-7-17-10-12-9-13(20-2)4-5-14(12)21-11-15(19)18-8-6-16/h4-5,9,17H,3,7-8,10-11H2,1-2H3,(H,18,19). The van der Waals surface area contributed by atoms with Gasteiger partial charge in [0.1, 0.15) is 18.0 Å². The minimum atomic E-state index is -0.320. The summed E-state index contributed by atoms with van der Waals surface area (Å²) in [7, 11) is 1.61. The van der Waals surface area contributed by atoms with Crippen molar-refractivity contribution in [3.63, 3.8) is 0 Å². The van der Waals surface area contributed by atoms with Gasteiger partial charge in [-0.25, -0.2) is 0 Å². The maximum atomic E-state index is 11.4. The van der Waals surface area contributed by atoms with E-state index in [2.05, 4.69) is 17.6 Å². The molecule has 0 heterocycles. The Morgan fingerprint density at radius 1 is 1.43 bits per heavy atom. The van der Waals surface area contributed by atoms with Crippen molar-refractivity contribution in [1.29, 1.82) is 5.26 Å². The molecule has 6 heteroatoms. The van der Waals surface area contributed by atoms with E-state index in [1.165, 1.54) is 0 Å². The zero-order chi connectivity index (χ0) is 15.5.